The van der Waals surface area contributed by atoms with E-state index >= 15 is 0 Å². The molecule has 3 saturated carbocycles. The van der Waals surface area contributed by atoms with Crippen LogP contribution in [0.1, 0.15) is 20.3 Å². The van der Waals surface area contributed by atoms with Crippen molar-refractivity contribution in [3.8, 4) is 0 Å². The highest BCUT2D eigenvalue weighted by Gasteiger charge is 2.62. The van der Waals surface area contributed by atoms with Crippen molar-refractivity contribution in [3.05, 3.63) is 0 Å². The van der Waals surface area contributed by atoms with E-state index in [9.17, 15) is 4.79 Å². The van der Waals surface area contributed by atoms with Gasteiger partial charge in [0, 0.05) is 18.4 Å². The van der Waals surface area contributed by atoms with Gasteiger partial charge in [-0.2, -0.15) is 0 Å². The molecular formula is C11H17NO. The first-order valence-electron chi connectivity index (χ1n) is 5.37. The van der Waals surface area contributed by atoms with Crippen LogP contribution in [-0.2, 0) is 4.79 Å². The van der Waals surface area contributed by atoms with Crippen LogP contribution < -0.4 is 5.32 Å². The zero-order chi connectivity index (χ0) is 9.22. The highest BCUT2D eigenvalue weighted by atomic mass is 16.1. The second kappa shape index (κ2) is 2.17. The maximum absolute atomic E-state index is 12.0. The Labute approximate surface area is 79.1 Å². The molecule has 1 heterocycles. The normalized spacial score (nSPS) is 51.4. The summed E-state index contributed by atoms with van der Waals surface area (Å²) in [7, 11) is 0. The SMILES string of the molecule is CC1(C)[C@@H]2C[C@H]1C(=O)C1CNCC12. The topological polar surface area (TPSA) is 29.1 Å². The number of hydrogen-bond donors (Lipinski definition) is 1. The molecule has 2 heteroatoms. The van der Waals surface area contributed by atoms with E-state index in [2.05, 4.69) is 19.2 Å². The standard InChI is InChI=1S/C11H17NO/c1-11(2)8-3-9(11)10(13)7-5-12-4-6(7)8/h6-9,12H,3-5H2,1-2H3/t6?,7?,8-,9+/m1/s1. The molecule has 0 amide bonds. The van der Waals surface area contributed by atoms with E-state index in [1.54, 1.807) is 0 Å². The predicted octanol–water partition coefficient (Wildman–Crippen LogP) is 1.07. The lowest BCUT2D eigenvalue weighted by molar-refractivity contribution is -0.164. The molecule has 0 spiro atoms. The number of ketones is 1. The summed E-state index contributed by atoms with van der Waals surface area (Å²) in [5.41, 5.74) is 0.310. The molecule has 4 rings (SSSR count). The van der Waals surface area contributed by atoms with Gasteiger partial charge in [0.1, 0.15) is 5.78 Å². The van der Waals surface area contributed by atoms with Gasteiger partial charge in [-0.05, 0) is 30.2 Å². The Hall–Kier alpha value is -0.370. The molecular weight excluding hydrogens is 162 g/mol. The van der Waals surface area contributed by atoms with Gasteiger partial charge in [0.15, 0.2) is 0 Å². The van der Waals surface area contributed by atoms with Crippen molar-refractivity contribution in [3.63, 3.8) is 0 Å². The third-order valence-corrected chi connectivity index (χ3v) is 4.83. The summed E-state index contributed by atoms with van der Waals surface area (Å²) in [5.74, 6) is 2.79. The first-order chi connectivity index (χ1) is 6.12. The van der Waals surface area contributed by atoms with Crippen molar-refractivity contribution >= 4 is 5.78 Å². The first kappa shape index (κ1) is 7.98. The second-order valence-corrected chi connectivity index (χ2v) is 5.55. The second-order valence-electron chi connectivity index (χ2n) is 5.55. The lowest BCUT2D eigenvalue weighted by atomic mass is 9.43. The van der Waals surface area contributed by atoms with Crippen LogP contribution in [0.25, 0.3) is 0 Å². The molecule has 0 aromatic heterocycles. The van der Waals surface area contributed by atoms with Gasteiger partial charge in [0.2, 0.25) is 0 Å². The Balaban J connectivity index is 1.98. The summed E-state index contributed by atoms with van der Waals surface area (Å²) in [4.78, 5) is 12.0. The molecule has 1 N–H and O–H groups in total. The fourth-order valence-electron chi connectivity index (χ4n) is 3.86. The summed E-state index contributed by atoms with van der Waals surface area (Å²) < 4.78 is 0. The van der Waals surface area contributed by atoms with Crippen LogP contribution in [0.15, 0.2) is 0 Å². The zero-order valence-electron chi connectivity index (χ0n) is 8.34. The van der Waals surface area contributed by atoms with Crippen LogP contribution in [0.3, 0.4) is 0 Å². The highest BCUT2D eigenvalue weighted by Crippen LogP contribution is 2.61. The van der Waals surface area contributed by atoms with Crippen molar-refractivity contribution in [2.45, 2.75) is 20.3 Å². The number of nitrogens with one attached hydrogen (secondary N) is 1. The summed E-state index contributed by atoms with van der Waals surface area (Å²) in [6.45, 7) is 6.58. The Morgan fingerprint density at radius 1 is 1.38 bits per heavy atom. The van der Waals surface area contributed by atoms with E-state index in [0.717, 1.165) is 19.0 Å². The van der Waals surface area contributed by atoms with Crippen LogP contribution in [0.2, 0.25) is 0 Å². The quantitative estimate of drug-likeness (QED) is 0.602. The number of rotatable bonds is 0. The van der Waals surface area contributed by atoms with E-state index in [1.165, 1.54) is 6.42 Å². The van der Waals surface area contributed by atoms with Gasteiger partial charge < -0.3 is 5.32 Å². The molecule has 4 atom stereocenters. The molecule has 4 aliphatic rings. The predicted molar refractivity (Wildman–Crippen MR) is 50.2 cm³/mol. The summed E-state index contributed by atoms with van der Waals surface area (Å²) >= 11 is 0. The molecule has 0 aromatic rings. The average Bonchev–Trinajstić information content (AvgIpc) is 2.51. The number of carbonyl (C=O) groups is 1. The van der Waals surface area contributed by atoms with E-state index in [-0.39, 0.29) is 0 Å². The van der Waals surface area contributed by atoms with Crippen LogP contribution in [0, 0.1) is 29.1 Å². The van der Waals surface area contributed by atoms with Crippen molar-refractivity contribution in [2.75, 3.05) is 13.1 Å². The molecule has 3 aliphatic carbocycles. The van der Waals surface area contributed by atoms with Crippen molar-refractivity contribution in [1.82, 2.24) is 5.32 Å². The fourth-order valence-corrected chi connectivity index (χ4v) is 3.86. The molecule has 1 saturated heterocycles. The van der Waals surface area contributed by atoms with Gasteiger partial charge in [-0.25, -0.2) is 0 Å². The Morgan fingerprint density at radius 3 is 2.85 bits per heavy atom. The zero-order valence-corrected chi connectivity index (χ0v) is 8.34. The molecule has 13 heavy (non-hydrogen) atoms. The molecule has 2 unspecified atom stereocenters. The Bertz CT molecular complexity index is 267. The minimum Gasteiger partial charge on any atom is -0.316 e. The molecule has 1 aliphatic heterocycles. The molecule has 72 valence electrons. The van der Waals surface area contributed by atoms with Crippen molar-refractivity contribution in [1.29, 1.82) is 0 Å². The smallest absolute Gasteiger partial charge is 0.141 e. The summed E-state index contributed by atoms with van der Waals surface area (Å²) in [6.07, 6.45) is 1.18. The number of carbonyl (C=O) groups excluding carboxylic acids is 1. The van der Waals surface area contributed by atoms with Gasteiger partial charge in [-0.15, -0.1) is 0 Å². The molecule has 4 fully saturated rings. The van der Waals surface area contributed by atoms with Gasteiger partial charge >= 0.3 is 0 Å². The molecule has 0 radical (unpaired) electrons. The van der Waals surface area contributed by atoms with Gasteiger partial charge in [0.05, 0.1) is 0 Å². The lowest BCUT2D eigenvalue weighted by Gasteiger charge is -2.59. The van der Waals surface area contributed by atoms with Crippen LogP contribution in [-0.4, -0.2) is 18.9 Å². The van der Waals surface area contributed by atoms with Crippen LogP contribution >= 0.6 is 0 Å². The third-order valence-electron chi connectivity index (χ3n) is 4.83. The monoisotopic (exact) mass is 179 g/mol. The number of hydrogen-bond acceptors (Lipinski definition) is 2. The van der Waals surface area contributed by atoms with Crippen LogP contribution in [0.5, 0.6) is 0 Å². The molecule has 0 aromatic carbocycles. The number of Topliss-reactive ketones (excluding diaryl/α,β-unsaturated/α-hetero) is 1. The molecule has 2 nitrogen and oxygen atoms in total. The van der Waals surface area contributed by atoms with Gasteiger partial charge in [-0.1, -0.05) is 13.8 Å². The average molecular weight is 179 g/mol. The van der Waals surface area contributed by atoms with Gasteiger partial charge in [-0.3, -0.25) is 4.79 Å². The highest BCUT2D eigenvalue weighted by molar-refractivity contribution is 5.87. The van der Waals surface area contributed by atoms with Crippen molar-refractivity contribution < 1.29 is 4.79 Å². The summed E-state index contributed by atoms with van der Waals surface area (Å²) in [5, 5.41) is 3.37. The van der Waals surface area contributed by atoms with E-state index in [1.807, 2.05) is 0 Å². The Kier molecular flexibility index (Phi) is 1.33. The van der Waals surface area contributed by atoms with Crippen LogP contribution in [0.4, 0.5) is 0 Å². The largest absolute Gasteiger partial charge is 0.316 e. The van der Waals surface area contributed by atoms with E-state index in [0.29, 0.717) is 29.0 Å². The maximum Gasteiger partial charge on any atom is 0.141 e. The Morgan fingerprint density at radius 2 is 2.15 bits per heavy atom. The first-order valence-corrected chi connectivity index (χ1v) is 5.37. The van der Waals surface area contributed by atoms with Crippen molar-refractivity contribution in [2.24, 2.45) is 29.1 Å². The molecule has 2 bridgehead atoms. The third kappa shape index (κ3) is 0.762. The summed E-state index contributed by atoms with van der Waals surface area (Å²) in [6, 6.07) is 0. The van der Waals surface area contributed by atoms with E-state index in [4.69, 9.17) is 0 Å². The minimum absolute atomic E-state index is 0.310. The van der Waals surface area contributed by atoms with Gasteiger partial charge in [0.25, 0.3) is 0 Å². The minimum atomic E-state index is 0.310. The van der Waals surface area contributed by atoms with E-state index < -0.39 is 0 Å². The maximum atomic E-state index is 12.0. The fraction of sp³-hybridized carbons (Fsp3) is 0.909. The lowest BCUT2D eigenvalue weighted by Crippen LogP contribution is -2.60.